The van der Waals surface area contributed by atoms with Gasteiger partial charge in [0.2, 0.25) is 0 Å². The first kappa shape index (κ1) is 12.2. The van der Waals surface area contributed by atoms with Crippen LogP contribution in [0.1, 0.15) is 12.0 Å². The van der Waals surface area contributed by atoms with Crippen LogP contribution in [0.25, 0.3) is 0 Å². The molecule has 1 aromatic rings. The van der Waals surface area contributed by atoms with Crippen molar-refractivity contribution in [3.63, 3.8) is 0 Å². The number of pyridine rings is 1. The van der Waals surface area contributed by atoms with Crippen molar-refractivity contribution in [2.24, 2.45) is 0 Å². The minimum atomic E-state index is -0.573. The molecule has 1 aromatic heterocycles. The molecule has 5 heteroatoms. The number of hydrogen-bond acceptors (Lipinski definition) is 4. The zero-order valence-electron chi connectivity index (χ0n) is 9.16. The molecule has 0 aliphatic carbocycles. The van der Waals surface area contributed by atoms with Crippen LogP contribution in [-0.4, -0.2) is 33.7 Å². The second-order valence-electron chi connectivity index (χ2n) is 4.22. The molecule has 1 aliphatic heterocycles. The fourth-order valence-corrected chi connectivity index (χ4v) is 3.55. The second kappa shape index (κ2) is 4.94. The Morgan fingerprint density at radius 2 is 2.50 bits per heavy atom. The van der Waals surface area contributed by atoms with Gasteiger partial charge in [-0.1, -0.05) is 0 Å². The molecule has 1 saturated heterocycles. The van der Waals surface area contributed by atoms with E-state index in [2.05, 4.69) is 26.2 Å². The van der Waals surface area contributed by atoms with E-state index in [1.165, 1.54) is 0 Å². The summed E-state index contributed by atoms with van der Waals surface area (Å²) in [6.07, 6.45) is 2.68. The number of rotatable bonds is 3. The third-order valence-corrected chi connectivity index (χ3v) is 4.48. The standard InChI is InChI=1S/C11H15BrN2OS/c1-8-4-9(12)10(13-5-8)14-6-11(15)2-3-16-7-11/h4-5,15H,2-3,6-7H2,1H3,(H,13,14)/t11-/m0/s1. The van der Waals surface area contributed by atoms with Crippen LogP contribution in [0.2, 0.25) is 0 Å². The van der Waals surface area contributed by atoms with Gasteiger partial charge in [0.1, 0.15) is 5.82 Å². The molecule has 3 nitrogen and oxygen atoms in total. The van der Waals surface area contributed by atoms with E-state index >= 15 is 0 Å². The van der Waals surface area contributed by atoms with Crippen LogP contribution in [0.3, 0.4) is 0 Å². The number of nitrogens with one attached hydrogen (secondary N) is 1. The van der Waals surface area contributed by atoms with Crippen LogP contribution in [0.4, 0.5) is 5.82 Å². The highest BCUT2D eigenvalue weighted by atomic mass is 79.9. The molecule has 2 heterocycles. The molecule has 1 atom stereocenters. The van der Waals surface area contributed by atoms with E-state index in [4.69, 9.17) is 0 Å². The number of nitrogens with zero attached hydrogens (tertiary/aromatic N) is 1. The van der Waals surface area contributed by atoms with E-state index in [1.54, 1.807) is 11.8 Å². The zero-order valence-corrected chi connectivity index (χ0v) is 11.6. The molecule has 0 unspecified atom stereocenters. The van der Waals surface area contributed by atoms with E-state index in [0.717, 1.165) is 33.8 Å². The molecular formula is C11H15BrN2OS. The molecule has 2 rings (SSSR count). The molecule has 0 spiro atoms. The van der Waals surface area contributed by atoms with E-state index < -0.39 is 5.60 Å². The number of thioether (sulfide) groups is 1. The average Bonchev–Trinajstić information content (AvgIpc) is 2.64. The third kappa shape index (κ3) is 2.90. The Morgan fingerprint density at radius 1 is 1.69 bits per heavy atom. The minimum Gasteiger partial charge on any atom is -0.387 e. The number of anilines is 1. The Kier molecular flexibility index (Phi) is 3.77. The molecule has 2 N–H and O–H groups in total. The van der Waals surface area contributed by atoms with Gasteiger partial charge < -0.3 is 10.4 Å². The van der Waals surface area contributed by atoms with Gasteiger partial charge >= 0.3 is 0 Å². The lowest BCUT2D eigenvalue weighted by molar-refractivity contribution is 0.0819. The van der Waals surface area contributed by atoms with Crippen LogP contribution in [0.5, 0.6) is 0 Å². The van der Waals surface area contributed by atoms with Gasteiger partial charge in [-0.15, -0.1) is 0 Å². The fourth-order valence-electron chi connectivity index (χ4n) is 1.65. The number of aryl methyl sites for hydroxylation is 1. The smallest absolute Gasteiger partial charge is 0.140 e. The van der Waals surface area contributed by atoms with Gasteiger partial charge in [-0.3, -0.25) is 0 Å². The summed E-state index contributed by atoms with van der Waals surface area (Å²) in [4.78, 5) is 4.29. The lowest BCUT2D eigenvalue weighted by Gasteiger charge is -2.22. The van der Waals surface area contributed by atoms with E-state index in [9.17, 15) is 5.11 Å². The molecule has 1 fully saturated rings. The van der Waals surface area contributed by atoms with Crippen molar-refractivity contribution in [1.29, 1.82) is 0 Å². The number of hydrogen-bond donors (Lipinski definition) is 2. The summed E-state index contributed by atoms with van der Waals surface area (Å²) in [7, 11) is 0. The first-order valence-electron chi connectivity index (χ1n) is 5.25. The van der Waals surface area contributed by atoms with E-state index in [1.807, 2.05) is 19.2 Å². The topological polar surface area (TPSA) is 45.2 Å². The molecule has 0 aromatic carbocycles. The Bertz CT molecular complexity index is 380. The van der Waals surface area contributed by atoms with Gasteiger partial charge in [0, 0.05) is 18.5 Å². The fraction of sp³-hybridized carbons (Fsp3) is 0.545. The van der Waals surface area contributed by atoms with Crippen molar-refractivity contribution in [2.75, 3.05) is 23.4 Å². The highest BCUT2D eigenvalue weighted by molar-refractivity contribution is 9.10. The molecule has 88 valence electrons. The summed E-state index contributed by atoms with van der Waals surface area (Å²) in [6.45, 7) is 2.57. The number of halogens is 1. The van der Waals surface area contributed by atoms with Crippen molar-refractivity contribution in [3.8, 4) is 0 Å². The quantitative estimate of drug-likeness (QED) is 0.900. The maximum Gasteiger partial charge on any atom is 0.140 e. The normalized spacial score (nSPS) is 24.7. The lowest BCUT2D eigenvalue weighted by Crippen LogP contribution is -2.36. The van der Waals surface area contributed by atoms with Gasteiger partial charge in [-0.2, -0.15) is 11.8 Å². The predicted octanol–water partition coefficient (Wildman–Crippen LogP) is 2.43. The van der Waals surface area contributed by atoms with Crippen LogP contribution in [-0.2, 0) is 0 Å². The monoisotopic (exact) mass is 302 g/mol. The Hall–Kier alpha value is -0.260. The van der Waals surface area contributed by atoms with Crippen molar-refractivity contribution in [2.45, 2.75) is 18.9 Å². The zero-order chi connectivity index (χ0) is 11.6. The van der Waals surface area contributed by atoms with Crippen molar-refractivity contribution >= 4 is 33.5 Å². The van der Waals surface area contributed by atoms with Crippen molar-refractivity contribution in [1.82, 2.24) is 4.98 Å². The molecule has 0 bridgehead atoms. The molecular weight excluding hydrogens is 288 g/mol. The summed E-state index contributed by atoms with van der Waals surface area (Å²) in [5, 5.41) is 13.4. The molecule has 0 amide bonds. The maximum absolute atomic E-state index is 10.2. The molecule has 1 aliphatic rings. The van der Waals surface area contributed by atoms with Crippen LogP contribution < -0.4 is 5.32 Å². The van der Waals surface area contributed by atoms with E-state index in [-0.39, 0.29) is 0 Å². The highest BCUT2D eigenvalue weighted by Crippen LogP contribution is 2.29. The largest absolute Gasteiger partial charge is 0.387 e. The average molecular weight is 303 g/mol. The summed E-state index contributed by atoms with van der Waals surface area (Å²) in [5.41, 5.74) is 0.545. The maximum atomic E-state index is 10.2. The highest BCUT2D eigenvalue weighted by Gasteiger charge is 2.31. The minimum absolute atomic E-state index is 0.564. The SMILES string of the molecule is Cc1cnc(NC[C@@]2(O)CCSC2)c(Br)c1. The van der Waals surface area contributed by atoms with Gasteiger partial charge in [0.25, 0.3) is 0 Å². The van der Waals surface area contributed by atoms with Gasteiger partial charge in [-0.25, -0.2) is 4.98 Å². The summed E-state index contributed by atoms with van der Waals surface area (Å²) < 4.78 is 0.946. The lowest BCUT2D eigenvalue weighted by atomic mass is 10.0. The Balaban J connectivity index is 1.99. The van der Waals surface area contributed by atoms with E-state index in [0.29, 0.717) is 6.54 Å². The van der Waals surface area contributed by atoms with Crippen LogP contribution in [0, 0.1) is 6.92 Å². The van der Waals surface area contributed by atoms with Crippen molar-refractivity contribution in [3.05, 3.63) is 22.3 Å². The Morgan fingerprint density at radius 3 is 3.12 bits per heavy atom. The first-order chi connectivity index (χ1) is 7.59. The molecule has 16 heavy (non-hydrogen) atoms. The third-order valence-electron chi connectivity index (χ3n) is 2.65. The summed E-state index contributed by atoms with van der Waals surface area (Å²) >= 11 is 5.26. The van der Waals surface area contributed by atoms with Crippen LogP contribution in [0.15, 0.2) is 16.7 Å². The number of aliphatic hydroxyl groups is 1. The molecule has 0 radical (unpaired) electrons. The predicted molar refractivity (Wildman–Crippen MR) is 72.1 cm³/mol. The van der Waals surface area contributed by atoms with Crippen LogP contribution >= 0.6 is 27.7 Å². The molecule has 0 saturated carbocycles. The van der Waals surface area contributed by atoms with Gasteiger partial charge in [0.05, 0.1) is 10.1 Å². The Labute approximate surface area is 108 Å². The summed E-state index contributed by atoms with van der Waals surface area (Å²) in [6, 6.07) is 2.02. The van der Waals surface area contributed by atoms with Gasteiger partial charge in [0.15, 0.2) is 0 Å². The second-order valence-corrected chi connectivity index (χ2v) is 6.18. The van der Waals surface area contributed by atoms with Gasteiger partial charge in [-0.05, 0) is 46.7 Å². The summed E-state index contributed by atoms with van der Waals surface area (Å²) in [5.74, 6) is 2.65. The number of aromatic nitrogens is 1. The first-order valence-corrected chi connectivity index (χ1v) is 7.20. The van der Waals surface area contributed by atoms with Crippen molar-refractivity contribution < 1.29 is 5.11 Å².